The number of alkyl halides is 1. The first-order valence-corrected chi connectivity index (χ1v) is 5.50. The summed E-state index contributed by atoms with van der Waals surface area (Å²) in [5, 5.41) is 10.9. The van der Waals surface area contributed by atoms with Crippen LogP contribution in [-0.2, 0) is 21.8 Å². The van der Waals surface area contributed by atoms with Gasteiger partial charge in [0.1, 0.15) is 5.02 Å². The Morgan fingerprint density at radius 3 is 2.65 bits per heavy atom. The number of methoxy groups -OCH3 is 1. The topological polar surface area (TPSA) is 69.4 Å². The first kappa shape index (κ1) is 13.7. The summed E-state index contributed by atoms with van der Waals surface area (Å²) < 4.78 is 4.48. The van der Waals surface area contributed by atoms with Crippen LogP contribution < -0.4 is 0 Å². The van der Waals surface area contributed by atoms with Gasteiger partial charge in [0.05, 0.1) is 18.5 Å². The van der Waals surface area contributed by atoms with E-state index < -0.39 is 10.9 Å². The van der Waals surface area contributed by atoms with Crippen molar-refractivity contribution in [3.63, 3.8) is 0 Å². The molecular weight excluding hydrogens is 269 g/mol. The molecule has 0 aromatic heterocycles. The second-order valence-electron chi connectivity index (χ2n) is 3.18. The molecule has 1 aromatic rings. The van der Waals surface area contributed by atoms with Gasteiger partial charge >= 0.3 is 5.97 Å². The molecule has 5 nitrogen and oxygen atoms in total. The van der Waals surface area contributed by atoms with Crippen LogP contribution in [-0.4, -0.2) is 18.0 Å². The van der Waals surface area contributed by atoms with Gasteiger partial charge < -0.3 is 4.74 Å². The Balaban J connectivity index is 3.34. The van der Waals surface area contributed by atoms with Crippen molar-refractivity contribution in [3.05, 3.63) is 38.4 Å². The summed E-state index contributed by atoms with van der Waals surface area (Å²) in [6, 6.07) is 2.94. The van der Waals surface area contributed by atoms with E-state index in [1.807, 2.05) is 0 Å². The van der Waals surface area contributed by atoms with Crippen LogP contribution in [0.15, 0.2) is 12.1 Å². The third-order valence-electron chi connectivity index (χ3n) is 2.21. The van der Waals surface area contributed by atoms with Crippen molar-refractivity contribution >= 4 is 34.9 Å². The Bertz CT molecular complexity index is 462. The zero-order chi connectivity index (χ0) is 13.0. The fourth-order valence-electron chi connectivity index (χ4n) is 1.39. The molecule has 0 unspecified atom stereocenters. The molecule has 0 N–H and O–H groups in total. The van der Waals surface area contributed by atoms with Crippen LogP contribution >= 0.6 is 23.2 Å². The molecule has 0 aliphatic rings. The van der Waals surface area contributed by atoms with Crippen molar-refractivity contribution in [3.8, 4) is 0 Å². The number of halogens is 2. The minimum Gasteiger partial charge on any atom is -0.469 e. The van der Waals surface area contributed by atoms with Gasteiger partial charge in [-0.05, 0) is 11.6 Å². The van der Waals surface area contributed by atoms with Gasteiger partial charge in [-0.15, -0.1) is 11.6 Å². The summed E-state index contributed by atoms with van der Waals surface area (Å²) in [5.41, 5.74) is 0.396. The number of benzene rings is 1. The Hall–Kier alpha value is -1.33. The molecule has 0 bridgehead atoms. The molecule has 0 heterocycles. The Morgan fingerprint density at radius 1 is 1.53 bits per heavy atom. The number of hydrogen-bond donors (Lipinski definition) is 0. The molecule has 7 heteroatoms. The number of nitro groups is 1. The quantitative estimate of drug-likeness (QED) is 0.367. The highest BCUT2D eigenvalue weighted by Crippen LogP contribution is 2.32. The van der Waals surface area contributed by atoms with Crippen LogP contribution in [0.1, 0.15) is 11.1 Å². The van der Waals surface area contributed by atoms with Crippen LogP contribution in [0.4, 0.5) is 5.69 Å². The largest absolute Gasteiger partial charge is 0.469 e. The molecule has 0 saturated heterocycles. The highest BCUT2D eigenvalue weighted by atomic mass is 35.5. The molecule has 92 valence electrons. The van der Waals surface area contributed by atoms with Gasteiger partial charge in [-0.25, -0.2) is 0 Å². The van der Waals surface area contributed by atoms with Crippen molar-refractivity contribution in [2.45, 2.75) is 12.3 Å². The molecule has 0 saturated carbocycles. The van der Waals surface area contributed by atoms with Crippen molar-refractivity contribution in [2.24, 2.45) is 0 Å². The number of rotatable bonds is 4. The zero-order valence-corrected chi connectivity index (χ0v) is 10.4. The second kappa shape index (κ2) is 5.84. The standard InChI is InChI=1S/C10H9Cl2NO4/c1-17-9(14)4-7-6(5-11)2-3-8(12)10(7)13(15)16/h2-3H,4-5H2,1H3. The Morgan fingerprint density at radius 2 is 2.18 bits per heavy atom. The third-order valence-corrected chi connectivity index (χ3v) is 2.80. The van der Waals surface area contributed by atoms with E-state index in [0.29, 0.717) is 5.56 Å². The maximum atomic E-state index is 11.2. The molecule has 0 radical (unpaired) electrons. The molecule has 0 fully saturated rings. The molecule has 17 heavy (non-hydrogen) atoms. The maximum Gasteiger partial charge on any atom is 0.310 e. The minimum atomic E-state index is -0.628. The Kier molecular flexibility index (Phi) is 4.72. The first-order valence-electron chi connectivity index (χ1n) is 4.58. The molecule has 1 rings (SSSR count). The molecular formula is C10H9Cl2NO4. The summed E-state index contributed by atoms with van der Waals surface area (Å²) in [7, 11) is 1.21. The number of esters is 1. The smallest absolute Gasteiger partial charge is 0.310 e. The highest BCUT2D eigenvalue weighted by Gasteiger charge is 2.24. The van der Waals surface area contributed by atoms with Gasteiger partial charge in [-0.2, -0.15) is 0 Å². The minimum absolute atomic E-state index is 0.0252. The van der Waals surface area contributed by atoms with E-state index in [-0.39, 0.29) is 28.6 Å². The molecule has 0 amide bonds. The SMILES string of the molecule is COC(=O)Cc1c(CCl)ccc(Cl)c1[N+](=O)[O-]. The van der Waals surface area contributed by atoms with Crippen molar-refractivity contribution in [1.29, 1.82) is 0 Å². The fraction of sp³-hybridized carbons (Fsp3) is 0.300. The van der Waals surface area contributed by atoms with E-state index >= 15 is 0 Å². The molecule has 0 spiro atoms. The molecule has 0 aliphatic heterocycles. The summed E-state index contributed by atoms with van der Waals surface area (Å²) in [6.07, 6.45) is -0.227. The number of hydrogen-bond acceptors (Lipinski definition) is 4. The number of nitro benzene ring substituents is 1. The van der Waals surface area contributed by atoms with E-state index in [1.54, 1.807) is 6.07 Å². The molecule has 1 aromatic carbocycles. The van der Waals surface area contributed by atoms with E-state index in [1.165, 1.54) is 13.2 Å². The normalized spacial score (nSPS) is 10.1. The summed E-state index contributed by atoms with van der Waals surface area (Å²) in [5.74, 6) is -0.522. The predicted molar refractivity (Wildman–Crippen MR) is 63.4 cm³/mol. The second-order valence-corrected chi connectivity index (χ2v) is 3.85. The summed E-state index contributed by atoms with van der Waals surface area (Å²) >= 11 is 11.4. The van der Waals surface area contributed by atoms with Crippen molar-refractivity contribution < 1.29 is 14.5 Å². The summed E-state index contributed by atoms with van der Waals surface area (Å²) in [4.78, 5) is 21.5. The van der Waals surface area contributed by atoms with E-state index in [0.717, 1.165) is 0 Å². The van der Waals surface area contributed by atoms with E-state index in [2.05, 4.69) is 4.74 Å². The number of carbonyl (C=O) groups excluding carboxylic acids is 1. The number of ether oxygens (including phenoxy) is 1. The lowest BCUT2D eigenvalue weighted by atomic mass is 10.0. The van der Waals surface area contributed by atoms with Gasteiger partial charge in [-0.1, -0.05) is 17.7 Å². The fourth-order valence-corrected chi connectivity index (χ4v) is 1.88. The van der Waals surface area contributed by atoms with Crippen LogP contribution in [0.5, 0.6) is 0 Å². The van der Waals surface area contributed by atoms with Crippen molar-refractivity contribution in [2.75, 3.05) is 7.11 Å². The lowest BCUT2D eigenvalue weighted by Crippen LogP contribution is -2.09. The van der Waals surface area contributed by atoms with Gasteiger partial charge in [-0.3, -0.25) is 14.9 Å². The van der Waals surface area contributed by atoms with Gasteiger partial charge in [0, 0.05) is 11.4 Å². The number of nitrogens with zero attached hydrogens (tertiary/aromatic N) is 1. The monoisotopic (exact) mass is 277 g/mol. The lowest BCUT2D eigenvalue weighted by Gasteiger charge is -2.08. The summed E-state index contributed by atoms with van der Waals surface area (Å²) in [6.45, 7) is 0. The van der Waals surface area contributed by atoms with Gasteiger partial charge in [0.2, 0.25) is 0 Å². The molecule has 0 atom stereocenters. The van der Waals surface area contributed by atoms with Crippen LogP contribution in [0, 0.1) is 10.1 Å². The lowest BCUT2D eigenvalue weighted by molar-refractivity contribution is -0.385. The molecule has 0 aliphatic carbocycles. The van der Waals surface area contributed by atoms with Crippen LogP contribution in [0.25, 0.3) is 0 Å². The average molecular weight is 278 g/mol. The van der Waals surface area contributed by atoms with E-state index in [4.69, 9.17) is 23.2 Å². The number of carbonyl (C=O) groups is 1. The van der Waals surface area contributed by atoms with Gasteiger partial charge in [0.15, 0.2) is 0 Å². The predicted octanol–water partition coefficient (Wildman–Crippen LogP) is 2.70. The van der Waals surface area contributed by atoms with Crippen molar-refractivity contribution in [1.82, 2.24) is 0 Å². The van der Waals surface area contributed by atoms with E-state index in [9.17, 15) is 14.9 Å². The van der Waals surface area contributed by atoms with Crippen LogP contribution in [0.2, 0.25) is 5.02 Å². The van der Waals surface area contributed by atoms with Crippen LogP contribution in [0.3, 0.4) is 0 Å². The maximum absolute atomic E-state index is 11.2. The Labute approximate surface area is 107 Å². The zero-order valence-electron chi connectivity index (χ0n) is 8.91. The third kappa shape index (κ3) is 3.08. The van der Waals surface area contributed by atoms with Gasteiger partial charge in [0.25, 0.3) is 5.69 Å². The highest BCUT2D eigenvalue weighted by molar-refractivity contribution is 6.33. The average Bonchev–Trinajstić information content (AvgIpc) is 2.28. The first-order chi connectivity index (χ1) is 8.01.